The summed E-state index contributed by atoms with van der Waals surface area (Å²) in [6, 6.07) is 0. The van der Waals surface area contributed by atoms with Gasteiger partial charge >= 0.3 is 11.9 Å². The molecule has 0 bridgehead atoms. The number of esters is 2. The molecule has 0 aromatic heterocycles. The number of hydrogen-bond acceptors (Lipinski definition) is 5. The molecule has 0 heterocycles. The number of ketones is 1. The summed E-state index contributed by atoms with van der Waals surface area (Å²) in [5.41, 5.74) is 1.80. The van der Waals surface area contributed by atoms with Crippen molar-refractivity contribution in [3.8, 4) is 0 Å². The number of allylic oxidation sites excluding steroid dienone is 4. The Hall–Kier alpha value is -2.17. The number of hydrogen-bond donors (Lipinski definition) is 0. The van der Waals surface area contributed by atoms with E-state index < -0.39 is 12.1 Å². The van der Waals surface area contributed by atoms with Gasteiger partial charge in [-0.2, -0.15) is 0 Å². The molecule has 1 fully saturated rings. The molecule has 0 aromatic rings. The highest BCUT2D eigenvalue weighted by molar-refractivity contribution is 6.00. The molecule has 26 heavy (non-hydrogen) atoms. The van der Waals surface area contributed by atoms with Crippen molar-refractivity contribution in [1.29, 1.82) is 0 Å². The van der Waals surface area contributed by atoms with Gasteiger partial charge < -0.3 is 9.47 Å². The van der Waals surface area contributed by atoms with E-state index in [0.717, 1.165) is 11.1 Å². The molecule has 5 heteroatoms. The summed E-state index contributed by atoms with van der Waals surface area (Å²) in [6.07, 6.45) is 5.95. The third kappa shape index (κ3) is 3.81. The number of methoxy groups -OCH3 is 1. The minimum Gasteiger partial charge on any atom is -0.466 e. The topological polar surface area (TPSA) is 69.7 Å². The van der Waals surface area contributed by atoms with Crippen molar-refractivity contribution in [3.05, 3.63) is 34.9 Å². The molecule has 1 saturated carbocycles. The molecule has 142 valence electrons. The fraction of sp³-hybridized carbons (Fsp3) is 0.571. The Bertz CT molecular complexity index is 708. The van der Waals surface area contributed by atoms with Crippen molar-refractivity contribution in [1.82, 2.24) is 0 Å². The molecule has 0 unspecified atom stereocenters. The van der Waals surface area contributed by atoms with Crippen LogP contribution in [0, 0.1) is 17.3 Å². The average Bonchev–Trinajstić information content (AvgIpc) is 3.01. The maximum Gasteiger partial charge on any atom is 0.333 e. The second-order valence-electron chi connectivity index (χ2n) is 7.65. The number of rotatable bonds is 6. The smallest absolute Gasteiger partial charge is 0.333 e. The van der Waals surface area contributed by atoms with E-state index in [9.17, 15) is 14.4 Å². The van der Waals surface area contributed by atoms with E-state index in [-0.39, 0.29) is 35.4 Å². The number of carbonyl (C=O) groups excluding carboxylic acids is 3. The molecular weight excluding hydrogens is 332 g/mol. The highest BCUT2D eigenvalue weighted by Gasteiger charge is 2.62. The lowest BCUT2D eigenvalue weighted by atomic mass is 10.1. The van der Waals surface area contributed by atoms with Crippen LogP contribution < -0.4 is 0 Å². The van der Waals surface area contributed by atoms with E-state index in [1.165, 1.54) is 7.11 Å². The summed E-state index contributed by atoms with van der Waals surface area (Å²) in [5, 5.41) is 0. The van der Waals surface area contributed by atoms with Gasteiger partial charge in [-0.1, -0.05) is 32.1 Å². The normalized spacial score (nSPS) is 27.8. The van der Waals surface area contributed by atoms with Gasteiger partial charge in [0.1, 0.15) is 6.10 Å². The van der Waals surface area contributed by atoms with E-state index in [1.54, 1.807) is 13.0 Å². The lowest BCUT2D eigenvalue weighted by Crippen LogP contribution is -2.20. The Morgan fingerprint density at radius 1 is 1.31 bits per heavy atom. The zero-order chi connectivity index (χ0) is 19.6. The van der Waals surface area contributed by atoms with Crippen LogP contribution in [-0.4, -0.2) is 30.9 Å². The monoisotopic (exact) mass is 360 g/mol. The standard InChI is InChI=1S/C21H28O5/c1-7-8-9-14-13(3)17(11-16(14)22)26-20(24)18-15(21(18,4)5)10-12(2)19(23)25-6/h7-8,10,15,17-18H,9,11H2,1-6H3/b8-7+,12-10+/t15-,17-,18+/m1/s1. The second kappa shape index (κ2) is 7.60. The molecular formula is C21H28O5. The summed E-state index contributed by atoms with van der Waals surface area (Å²) in [5.74, 6) is -1.04. The van der Waals surface area contributed by atoms with Crippen molar-refractivity contribution in [2.75, 3.05) is 7.11 Å². The SMILES string of the molecule is C/C=C/CC1=C(C)[C@H](OC(=O)[C@@H]2[C@@H](/C=C(\C)C(=O)OC)C2(C)C)CC1=O. The molecule has 0 aliphatic heterocycles. The van der Waals surface area contributed by atoms with Crippen LogP contribution in [0.3, 0.4) is 0 Å². The minimum absolute atomic E-state index is 0.0476. The first-order valence-electron chi connectivity index (χ1n) is 8.96. The summed E-state index contributed by atoms with van der Waals surface area (Å²) >= 11 is 0. The molecule has 3 atom stereocenters. The molecule has 0 saturated heterocycles. The zero-order valence-corrected chi connectivity index (χ0v) is 16.4. The van der Waals surface area contributed by atoms with E-state index in [0.29, 0.717) is 12.0 Å². The maximum absolute atomic E-state index is 12.7. The van der Waals surface area contributed by atoms with Crippen LogP contribution in [0.5, 0.6) is 0 Å². The van der Waals surface area contributed by atoms with E-state index in [2.05, 4.69) is 0 Å². The third-order valence-corrected chi connectivity index (χ3v) is 5.58. The number of carbonyl (C=O) groups is 3. The number of Topliss-reactive ketones (excluding diaryl/α,β-unsaturated/α-hetero) is 1. The first-order valence-corrected chi connectivity index (χ1v) is 8.96. The van der Waals surface area contributed by atoms with Crippen LogP contribution >= 0.6 is 0 Å². The molecule has 2 rings (SSSR count). The first kappa shape index (κ1) is 20.1. The summed E-state index contributed by atoms with van der Waals surface area (Å²) in [7, 11) is 1.33. The second-order valence-corrected chi connectivity index (χ2v) is 7.65. The van der Waals surface area contributed by atoms with Crippen LogP contribution in [0.1, 0.15) is 47.5 Å². The minimum atomic E-state index is -0.474. The Morgan fingerprint density at radius 3 is 2.54 bits per heavy atom. The van der Waals surface area contributed by atoms with E-state index >= 15 is 0 Å². The molecule has 0 radical (unpaired) electrons. The van der Waals surface area contributed by atoms with Crippen LogP contribution in [0.2, 0.25) is 0 Å². The highest BCUT2D eigenvalue weighted by Crippen LogP contribution is 2.60. The van der Waals surface area contributed by atoms with Gasteiger partial charge in [-0.15, -0.1) is 0 Å². The number of ether oxygens (including phenoxy) is 2. The molecule has 2 aliphatic carbocycles. The summed E-state index contributed by atoms with van der Waals surface area (Å²) in [4.78, 5) is 36.4. The van der Waals surface area contributed by atoms with Gasteiger partial charge in [-0.25, -0.2) is 4.79 Å². The molecule has 0 N–H and O–H groups in total. The lowest BCUT2D eigenvalue weighted by molar-refractivity contribution is -0.150. The molecule has 0 spiro atoms. The molecule has 5 nitrogen and oxygen atoms in total. The fourth-order valence-electron chi connectivity index (χ4n) is 3.65. The summed E-state index contributed by atoms with van der Waals surface area (Å²) in [6.45, 7) is 9.40. The quantitative estimate of drug-likeness (QED) is 0.412. The molecule has 2 aliphatic rings. The lowest BCUT2D eigenvalue weighted by Gasteiger charge is -2.13. The first-order chi connectivity index (χ1) is 12.1. The predicted octanol–water partition coefficient (Wildman–Crippen LogP) is 3.55. The van der Waals surface area contributed by atoms with Gasteiger partial charge in [0.15, 0.2) is 5.78 Å². The molecule has 0 aromatic carbocycles. The van der Waals surface area contributed by atoms with Gasteiger partial charge in [0.05, 0.1) is 19.4 Å². The van der Waals surface area contributed by atoms with Gasteiger partial charge in [0, 0.05) is 11.1 Å². The van der Waals surface area contributed by atoms with Crippen LogP contribution in [0.25, 0.3) is 0 Å². The van der Waals surface area contributed by atoms with Gasteiger partial charge in [-0.3, -0.25) is 9.59 Å². The van der Waals surface area contributed by atoms with Gasteiger partial charge in [0.25, 0.3) is 0 Å². The maximum atomic E-state index is 12.7. The largest absolute Gasteiger partial charge is 0.466 e. The zero-order valence-electron chi connectivity index (χ0n) is 16.4. The van der Waals surface area contributed by atoms with Crippen molar-refractivity contribution >= 4 is 17.7 Å². The van der Waals surface area contributed by atoms with Gasteiger partial charge in [-0.05, 0) is 44.1 Å². The van der Waals surface area contributed by atoms with Crippen LogP contribution in [0.4, 0.5) is 0 Å². The van der Waals surface area contributed by atoms with E-state index in [1.807, 2.05) is 39.8 Å². The summed E-state index contributed by atoms with van der Waals surface area (Å²) < 4.78 is 10.4. The Kier molecular flexibility index (Phi) is 5.89. The van der Waals surface area contributed by atoms with Crippen LogP contribution in [0.15, 0.2) is 34.9 Å². The average molecular weight is 360 g/mol. The van der Waals surface area contributed by atoms with Crippen LogP contribution in [-0.2, 0) is 23.9 Å². The Morgan fingerprint density at radius 2 is 1.96 bits per heavy atom. The Balaban J connectivity index is 2.08. The van der Waals surface area contributed by atoms with E-state index in [4.69, 9.17) is 9.47 Å². The highest BCUT2D eigenvalue weighted by atomic mass is 16.5. The van der Waals surface area contributed by atoms with Crippen molar-refractivity contribution in [2.45, 2.75) is 53.6 Å². The van der Waals surface area contributed by atoms with Crippen molar-refractivity contribution < 1.29 is 23.9 Å². The fourth-order valence-corrected chi connectivity index (χ4v) is 3.65. The third-order valence-electron chi connectivity index (χ3n) is 5.58. The van der Waals surface area contributed by atoms with Crippen molar-refractivity contribution in [2.24, 2.45) is 17.3 Å². The predicted molar refractivity (Wildman–Crippen MR) is 98.2 cm³/mol. The molecule has 0 amide bonds. The van der Waals surface area contributed by atoms with Crippen molar-refractivity contribution in [3.63, 3.8) is 0 Å². The Labute approximate surface area is 155 Å². The van der Waals surface area contributed by atoms with Gasteiger partial charge in [0.2, 0.25) is 0 Å².